The molecule has 2 aliphatic heterocycles. The number of quaternary nitrogens is 1. The number of piperazine rings is 1. The van der Waals surface area contributed by atoms with Crippen molar-refractivity contribution in [3.05, 3.63) is 41.7 Å². The van der Waals surface area contributed by atoms with Crippen LogP contribution in [-0.4, -0.2) is 56.0 Å². The monoisotopic (exact) mass is 429 g/mol. The maximum absolute atomic E-state index is 13.2. The molecule has 4 aliphatic rings. The van der Waals surface area contributed by atoms with E-state index in [1.165, 1.54) is 22.6 Å². The van der Waals surface area contributed by atoms with Gasteiger partial charge in [-0.25, -0.2) is 4.39 Å². The maximum atomic E-state index is 13.2. The van der Waals surface area contributed by atoms with E-state index in [0.29, 0.717) is 5.92 Å². The van der Waals surface area contributed by atoms with Crippen LogP contribution >= 0.6 is 0 Å². The maximum Gasteiger partial charge on any atom is 0.315 e. The highest BCUT2D eigenvalue weighted by Gasteiger charge is 2.60. The summed E-state index contributed by atoms with van der Waals surface area (Å²) in [6.07, 6.45) is 4.47. The van der Waals surface area contributed by atoms with E-state index in [1.807, 2.05) is 12.1 Å². The number of benzene rings is 1. The van der Waals surface area contributed by atoms with Crippen molar-refractivity contribution in [1.29, 1.82) is 0 Å². The van der Waals surface area contributed by atoms with Crippen molar-refractivity contribution in [1.82, 2.24) is 0 Å². The van der Waals surface area contributed by atoms with Crippen molar-refractivity contribution >= 4 is 11.7 Å². The first-order valence-electron chi connectivity index (χ1n) is 11.8. The average Bonchev–Trinajstić information content (AvgIpc) is 3.07. The lowest BCUT2D eigenvalue weighted by Gasteiger charge is -2.51. The fraction of sp³-hybridized carbons (Fsp3) is 0.640. The predicted octanol–water partition coefficient (Wildman–Crippen LogP) is 1.82. The van der Waals surface area contributed by atoms with Crippen LogP contribution in [0.4, 0.5) is 10.1 Å². The van der Waals surface area contributed by atoms with E-state index >= 15 is 0 Å². The van der Waals surface area contributed by atoms with Gasteiger partial charge in [-0.05, 0) is 43.0 Å². The van der Waals surface area contributed by atoms with Crippen molar-refractivity contribution in [2.75, 3.05) is 37.6 Å². The number of fused-ring (bicyclic) bond motifs is 2. The molecule has 6 heteroatoms. The Balaban J connectivity index is 1.27. The molecule has 31 heavy (non-hydrogen) atoms. The van der Waals surface area contributed by atoms with Gasteiger partial charge in [-0.1, -0.05) is 25.5 Å². The minimum Gasteiger partial charge on any atom is -0.461 e. The predicted molar refractivity (Wildman–Crippen MR) is 116 cm³/mol. The van der Waals surface area contributed by atoms with Gasteiger partial charge in [0.1, 0.15) is 17.8 Å². The Morgan fingerprint density at radius 2 is 1.97 bits per heavy atom. The second-order valence-electron chi connectivity index (χ2n) is 10.2. The summed E-state index contributed by atoms with van der Waals surface area (Å²) in [4.78, 5) is 16.5. The molecule has 2 heterocycles. The van der Waals surface area contributed by atoms with E-state index in [2.05, 4.69) is 24.8 Å². The molecule has 0 bridgehead atoms. The molecule has 2 aliphatic carbocycles. The molecular weight excluding hydrogens is 395 g/mol. The largest absolute Gasteiger partial charge is 0.461 e. The number of hydrogen-bond donors (Lipinski definition) is 2. The van der Waals surface area contributed by atoms with Crippen LogP contribution in [0.1, 0.15) is 33.1 Å². The number of nitrogens with one attached hydrogen (secondary N) is 1. The van der Waals surface area contributed by atoms with Crippen molar-refractivity contribution in [2.24, 2.45) is 23.2 Å². The summed E-state index contributed by atoms with van der Waals surface area (Å²) in [6, 6.07) is 6.66. The third kappa shape index (κ3) is 3.48. The van der Waals surface area contributed by atoms with E-state index in [-0.39, 0.29) is 35.1 Å². The molecule has 0 aromatic heterocycles. The molecule has 3 fully saturated rings. The van der Waals surface area contributed by atoms with Crippen LogP contribution in [-0.2, 0) is 9.53 Å². The molecular formula is C25H34FN2O3+. The molecule has 0 radical (unpaired) electrons. The molecule has 1 saturated carbocycles. The Morgan fingerprint density at radius 3 is 2.68 bits per heavy atom. The molecule has 6 atom stereocenters. The van der Waals surface area contributed by atoms with Crippen LogP contribution in [0.5, 0.6) is 0 Å². The summed E-state index contributed by atoms with van der Waals surface area (Å²) >= 11 is 0. The van der Waals surface area contributed by atoms with E-state index in [1.54, 1.807) is 0 Å². The van der Waals surface area contributed by atoms with E-state index in [4.69, 9.17) is 4.74 Å². The zero-order valence-corrected chi connectivity index (χ0v) is 18.5. The Morgan fingerprint density at radius 1 is 1.26 bits per heavy atom. The smallest absolute Gasteiger partial charge is 0.315 e. The standard InChI is InChI=1S/C25H33FN2O3/c1-16-4-3-5-17-14-21-22(23(29)25(16,17)2)20(24(30)31-21)15-27-10-12-28(13-11-27)19-8-6-18(26)7-9-19/h5-9,16,20-23,29H,3-4,10-15H2,1-2H3/p+1/t16-,20+,21+,22+,23-,25+/m0/s1. The van der Waals surface area contributed by atoms with E-state index in [9.17, 15) is 14.3 Å². The summed E-state index contributed by atoms with van der Waals surface area (Å²) in [7, 11) is 0. The Kier molecular flexibility index (Phi) is 5.33. The fourth-order valence-corrected chi connectivity index (χ4v) is 6.55. The average molecular weight is 430 g/mol. The summed E-state index contributed by atoms with van der Waals surface area (Å²) < 4.78 is 19.0. The summed E-state index contributed by atoms with van der Waals surface area (Å²) in [5.74, 6) is -0.283. The number of hydrogen-bond acceptors (Lipinski definition) is 4. The Bertz CT molecular complexity index is 864. The highest BCUT2D eigenvalue weighted by Crippen LogP contribution is 2.55. The Hall–Kier alpha value is -1.92. The minimum absolute atomic E-state index is 0.113. The Labute approximate surface area is 183 Å². The SMILES string of the molecule is C[C@H]1CCC=C2C[C@H]3OC(=O)[C@H](C[NH+]4CCN(c5ccc(F)cc5)CC4)[C@H]3[C@H](O)[C@@]21C. The molecule has 2 saturated heterocycles. The lowest BCUT2D eigenvalue weighted by molar-refractivity contribution is -0.903. The minimum atomic E-state index is -0.538. The first kappa shape index (κ1) is 21.0. The van der Waals surface area contributed by atoms with Crippen molar-refractivity contribution < 1.29 is 23.9 Å². The van der Waals surface area contributed by atoms with Crippen LogP contribution < -0.4 is 9.80 Å². The van der Waals surface area contributed by atoms with Crippen molar-refractivity contribution in [3.63, 3.8) is 0 Å². The van der Waals surface area contributed by atoms with E-state index in [0.717, 1.165) is 57.7 Å². The van der Waals surface area contributed by atoms with E-state index < -0.39 is 6.10 Å². The number of allylic oxidation sites excluding steroid dienone is 1. The lowest BCUT2D eigenvalue weighted by atomic mass is 9.55. The molecule has 2 N–H and O–H groups in total. The van der Waals surface area contributed by atoms with Crippen LogP contribution in [0.3, 0.4) is 0 Å². The fourth-order valence-electron chi connectivity index (χ4n) is 6.55. The number of esters is 1. The van der Waals surface area contributed by atoms with Gasteiger partial charge in [0.25, 0.3) is 0 Å². The highest BCUT2D eigenvalue weighted by molar-refractivity contribution is 5.76. The molecule has 1 aromatic rings. The van der Waals surface area contributed by atoms with Crippen LogP contribution in [0, 0.1) is 29.0 Å². The second kappa shape index (κ2) is 7.89. The van der Waals surface area contributed by atoms with Gasteiger partial charge in [0, 0.05) is 23.4 Å². The lowest BCUT2D eigenvalue weighted by Crippen LogP contribution is -3.15. The summed E-state index contributed by atoms with van der Waals surface area (Å²) in [6.45, 7) is 8.75. The number of aliphatic hydroxyl groups excluding tert-OH is 1. The summed E-state index contributed by atoms with van der Waals surface area (Å²) in [5.41, 5.74) is 2.08. The van der Waals surface area contributed by atoms with Gasteiger partial charge in [-0.2, -0.15) is 0 Å². The molecule has 0 spiro atoms. The van der Waals surface area contributed by atoms with Gasteiger partial charge in [-0.15, -0.1) is 0 Å². The number of anilines is 1. The van der Waals surface area contributed by atoms with Gasteiger partial charge in [-0.3, -0.25) is 4.79 Å². The third-order valence-corrected chi connectivity index (χ3v) is 8.74. The molecule has 0 amide bonds. The van der Waals surface area contributed by atoms with Crippen LogP contribution in [0.25, 0.3) is 0 Å². The number of carbonyl (C=O) groups is 1. The molecule has 1 aromatic carbocycles. The topological polar surface area (TPSA) is 54.2 Å². The number of halogens is 1. The molecule has 5 rings (SSSR count). The number of ether oxygens (including phenoxy) is 1. The number of rotatable bonds is 3. The molecule has 5 nitrogen and oxygen atoms in total. The van der Waals surface area contributed by atoms with Crippen molar-refractivity contribution in [3.8, 4) is 0 Å². The second-order valence-corrected chi connectivity index (χ2v) is 10.2. The third-order valence-electron chi connectivity index (χ3n) is 8.74. The van der Waals surface area contributed by atoms with Gasteiger partial charge in [0.05, 0.1) is 38.8 Å². The first-order valence-corrected chi connectivity index (χ1v) is 11.8. The summed E-state index contributed by atoms with van der Waals surface area (Å²) in [5, 5.41) is 11.5. The highest BCUT2D eigenvalue weighted by atomic mass is 19.1. The molecule has 168 valence electrons. The number of nitrogens with zero attached hydrogens (tertiary/aromatic N) is 1. The number of carbonyl (C=O) groups excluding carboxylic acids is 1. The molecule has 0 unspecified atom stereocenters. The van der Waals surface area contributed by atoms with Gasteiger partial charge in [0.15, 0.2) is 0 Å². The zero-order chi connectivity index (χ0) is 21.8. The van der Waals surface area contributed by atoms with Crippen LogP contribution in [0.2, 0.25) is 0 Å². The van der Waals surface area contributed by atoms with Gasteiger partial charge < -0.3 is 19.6 Å². The number of aliphatic hydroxyl groups is 1. The van der Waals surface area contributed by atoms with Gasteiger partial charge in [0.2, 0.25) is 0 Å². The normalized spacial score (nSPS) is 38.3. The quantitative estimate of drug-likeness (QED) is 0.569. The van der Waals surface area contributed by atoms with Gasteiger partial charge >= 0.3 is 5.97 Å². The first-order chi connectivity index (χ1) is 14.9. The van der Waals surface area contributed by atoms with Crippen molar-refractivity contribution in [2.45, 2.75) is 45.3 Å². The van der Waals surface area contributed by atoms with Crippen LogP contribution in [0.15, 0.2) is 35.9 Å². The zero-order valence-electron chi connectivity index (χ0n) is 18.5.